The topological polar surface area (TPSA) is 96.5 Å². The highest BCUT2D eigenvalue weighted by atomic mass is 35.5. The lowest BCUT2D eigenvalue weighted by Gasteiger charge is -2.35. The number of pyridine rings is 1. The average molecular weight is 493 g/mol. The summed E-state index contributed by atoms with van der Waals surface area (Å²) in [4.78, 5) is 32.7. The average Bonchev–Trinajstić information content (AvgIpc) is 3.22. The van der Waals surface area contributed by atoms with Crippen molar-refractivity contribution in [3.63, 3.8) is 0 Å². The van der Waals surface area contributed by atoms with Crippen LogP contribution in [0.5, 0.6) is 6.01 Å². The number of piperazine rings is 1. The molecule has 1 aliphatic heterocycles. The van der Waals surface area contributed by atoms with Crippen LogP contribution in [-0.4, -0.2) is 64.2 Å². The van der Waals surface area contributed by atoms with Gasteiger partial charge in [-0.05, 0) is 42.8 Å². The van der Waals surface area contributed by atoms with Gasteiger partial charge >= 0.3 is 12.1 Å². The molecule has 0 bridgehead atoms. The fraction of sp³-hybridized carbons (Fsp3) is 0.280. The first-order chi connectivity index (χ1) is 17.0. The second-order valence-electron chi connectivity index (χ2n) is 8.36. The van der Waals surface area contributed by atoms with Gasteiger partial charge in [-0.15, -0.1) is 0 Å². The summed E-state index contributed by atoms with van der Waals surface area (Å²) in [6, 6.07) is 9.64. The van der Waals surface area contributed by atoms with Crippen molar-refractivity contribution in [1.82, 2.24) is 24.8 Å². The number of amides is 1. The van der Waals surface area contributed by atoms with E-state index in [0.29, 0.717) is 37.8 Å². The van der Waals surface area contributed by atoms with Crippen LogP contribution in [-0.2, 0) is 11.3 Å². The maximum atomic E-state index is 12.7. The number of methoxy groups -OCH3 is 1. The van der Waals surface area contributed by atoms with Crippen LogP contribution in [0.15, 0.2) is 48.9 Å². The first-order valence-corrected chi connectivity index (χ1v) is 11.7. The third kappa shape index (κ3) is 4.91. The molecule has 9 nitrogen and oxygen atoms in total. The minimum Gasteiger partial charge on any atom is -0.380 e. The Labute approximate surface area is 207 Å². The van der Waals surface area contributed by atoms with E-state index in [0.717, 1.165) is 39.1 Å². The van der Waals surface area contributed by atoms with Crippen LogP contribution < -0.4 is 9.64 Å². The second-order valence-corrected chi connectivity index (χ2v) is 8.79. The number of benzene rings is 1. The molecule has 1 aromatic carbocycles. The lowest BCUT2D eigenvalue weighted by Crippen LogP contribution is -2.50. The molecule has 0 atom stereocenters. The quantitative estimate of drug-likeness (QED) is 0.439. The number of nitrogens with one attached hydrogen (secondary N) is 1. The molecule has 3 aromatic heterocycles. The van der Waals surface area contributed by atoms with Gasteiger partial charge < -0.3 is 24.3 Å². The number of anilines is 1. The van der Waals surface area contributed by atoms with Gasteiger partial charge in [0.25, 0.3) is 0 Å². The third-order valence-corrected chi connectivity index (χ3v) is 6.26. The van der Waals surface area contributed by atoms with Gasteiger partial charge in [-0.25, -0.2) is 14.8 Å². The Bertz CT molecular complexity index is 1350. The van der Waals surface area contributed by atoms with Crippen molar-refractivity contribution in [1.29, 1.82) is 0 Å². The number of aromatic amines is 1. The fourth-order valence-electron chi connectivity index (χ4n) is 4.26. The molecule has 1 amide bonds. The number of aromatic nitrogens is 4. The Hall–Kier alpha value is -3.69. The number of ether oxygens (including phenoxy) is 2. The van der Waals surface area contributed by atoms with E-state index in [-0.39, 0.29) is 6.01 Å². The number of rotatable bonds is 5. The molecule has 35 heavy (non-hydrogen) atoms. The van der Waals surface area contributed by atoms with E-state index in [1.54, 1.807) is 30.6 Å². The van der Waals surface area contributed by atoms with E-state index in [2.05, 4.69) is 24.8 Å². The molecule has 1 N–H and O–H groups in total. The predicted molar refractivity (Wildman–Crippen MR) is 134 cm³/mol. The Balaban J connectivity index is 1.23. The van der Waals surface area contributed by atoms with Crippen molar-refractivity contribution < 1.29 is 14.3 Å². The second kappa shape index (κ2) is 9.89. The fourth-order valence-corrected chi connectivity index (χ4v) is 4.44. The molecule has 0 radical (unpaired) electrons. The standard InChI is InChI=1S/C25H25ClN6O3/c1-16-11-17(5-6-27-16)18-13-28-24(29-14-18)35-25(33)32-9-7-31(8-10-32)23-21(15-34-2)20-12-19(26)3-4-22(20)30-23/h3-6,11-14,30H,7-10,15H2,1-2H3. The largest absolute Gasteiger partial charge is 0.417 e. The predicted octanol–water partition coefficient (Wildman–Crippen LogP) is 4.45. The molecular formula is C25H25ClN6O3. The molecule has 1 fully saturated rings. The summed E-state index contributed by atoms with van der Waals surface area (Å²) < 4.78 is 10.9. The molecule has 180 valence electrons. The Morgan fingerprint density at radius 1 is 1.06 bits per heavy atom. The third-order valence-electron chi connectivity index (χ3n) is 6.03. The number of halogens is 1. The summed E-state index contributed by atoms with van der Waals surface area (Å²) in [6.07, 6.45) is 4.56. The number of fused-ring (bicyclic) bond motifs is 1. The highest BCUT2D eigenvalue weighted by molar-refractivity contribution is 6.31. The van der Waals surface area contributed by atoms with Crippen LogP contribution in [0.1, 0.15) is 11.3 Å². The van der Waals surface area contributed by atoms with Crippen LogP contribution in [0.2, 0.25) is 5.02 Å². The van der Waals surface area contributed by atoms with Crippen molar-refractivity contribution in [3.05, 3.63) is 65.2 Å². The SMILES string of the molecule is COCc1c(N2CCN(C(=O)Oc3ncc(-c4ccnc(C)c4)cn3)CC2)[nH]c2ccc(Cl)cc12. The molecule has 0 aliphatic carbocycles. The highest BCUT2D eigenvalue weighted by Crippen LogP contribution is 2.32. The zero-order valence-electron chi connectivity index (χ0n) is 19.5. The van der Waals surface area contributed by atoms with Gasteiger partial charge in [-0.2, -0.15) is 0 Å². The number of carbonyl (C=O) groups is 1. The van der Waals surface area contributed by atoms with E-state index in [1.165, 1.54) is 0 Å². The first-order valence-electron chi connectivity index (χ1n) is 11.3. The van der Waals surface area contributed by atoms with Crippen molar-refractivity contribution in [3.8, 4) is 17.1 Å². The summed E-state index contributed by atoms with van der Waals surface area (Å²) in [6.45, 7) is 4.70. The zero-order valence-corrected chi connectivity index (χ0v) is 20.2. The molecule has 0 saturated carbocycles. The smallest absolute Gasteiger partial charge is 0.380 e. The molecule has 1 saturated heterocycles. The Morgan fingerprint density at radius 2 is 1.83 bits per heavy atom. The van der Waals surface area contributed by atoms with Crippen LogP contribution in [0.3, 0.4) is 0 Å². The van der Waals surface area contributed by atoms with Gasteiger partial charge in [0.05, 0.1) is 6.61 Å². The van der Waals surface area contributed by atoms with E-state index >= 15 is 0 Å². The Kier molecular flexibility index (Phi) is 6.52. The van der Waals surface area contributed by atoms with E-state index in [1.807, 2.05) is 37.3 Å². The van der Waals surface area contributed by atoms with E-state index < -0.39 is 6.09 Å². The number of carbonyl (C=O) groups excluding carboxylic acids is 1. The van der Waals surface area contributed by atoms with Crippen molar-refractivity contribution in [2.24, 2.45) is 0 Å². The first kappa shape index (κ1) is 23.1. The zero-order chi connectivity index (χ0) is 24.4. The highest BCUT2D eigenvalue weighted by Gasteiger charge is 2.26. The number of hydrogen-bond donors (Lipinski definition) is 1. The van der Waals surface area contributed by atoms with Gasteiger partial charge in [-0.1, -0.05) is 11.6 Å². The van der Waals surface area contributed by atoms with Gasteiger partial charge in [0.1, 0.15) is 5.82 Å². The maximum absolute atomic E-state index is 12.7. The summed E-state index contributed by atoms with van der Waals surface area (Å²) in [7, 11) is 1.67. The summed E-state index contributed by atoms with van der Waals surface area (Å²) >= 11 is 6.21. The summed E-state index contributed by atoms with van der Waals surface area (Å²) in [5.41, 5.74) is 4.75. The lowest BCUT2D eigenvalue weighted by atomic mass is 10.1. The molecule has 1 aliphatic rings. The van der Waals surface area contributed by atoms with Gasteiger partial charge in [0.15, 0.2) is 0 Å². The molecule has 0 unspecified atom stereocenters. The van der Waals surface area contributed by atoms with Gasteiger partial charge in [-0.3, -0.25) is 4.98 Å². The van der Waals surface area contributed by atoms with Crippen LogP contribution in [0.25, 0.3) is 22.0 Å². The normalized spacial score (nSPS) is 13.9. The minimum absolute atomic E-state index is 0.0295. The molecule has 10 heteroatoms. The number of H-pyrrole nitrogens is 1. The summed E-state index contributed by atoms with van der Waals surface area (Å²) in [5, 5.41) is 1.72. The lowest BCUT2D eigenvalue weighted by molar-refractivity contribution is 0.145. The number of hydrogen-bond acceptors (Lipinski definition) is 7. The molecule has 0 spiro atoms. The molecule has 5 rings (SSSR count). The summed E-state index contributed by atoms with van der Waals surface area (Å²) in [5.74, 6) is 0.988. The van der Waals surface area contributed by atoms with Crippen molar-refractivity contribution in [2.75, 3.05) is 38.2 Å². The van der Waals surface area contributed by atoms with Crippen LogP contribution >= 0.6 is 11.6 Å². The number of aryl methyl sites for hydroxylation is 1. The maximum Gasteiger partial charge on any atom is 0.417 e. The molecule has 4 aromatic rings. The van der Waals surface area contributed by atoms with Crippen LogP contribution in [0, 0.1) is 6.92 Å². The monoisotopic (exact) mass is 492 g/mol. The Morgan fingerprint density at radius 3 is 2.54 bits per heavy atom. The van der Waals surface area contributed by atoms with E-state index in [9.17, 15) is 4.79 Å². The van der Waals surface area contributed by atoms with Crippen molar-refractivity contribution >= 4 is 34.4 Å². The molecule has 4 heterocycles. The van der Waals surface area contributed by atoms with Crippen molar-refractivity contribution in [2.45, 2.75) is 13.5 Å². The number of nitrogens with zero attached hydrogens (tertiary/aromatic N) is 5. The minimum atomic E-state index is -0.460. The van der Waals surface area contributed by atoms with Crippen LogP contribution in [0.4, 0.5) is 10.6 Å². The molecular weight excluding hydrogens is 468 g/mol. The van der Waals surface area contributed by atoms with Gasteiger partial charge in [0.2, 0.25) is 0 Å². The van der Waals surface area contributed by atoms with Gasteiger partial charge in [0, 0.05) is 84.6 Å². The van der Waals surface area contributed by atoms with E-state index in [4.69, 9.17) is 21.1 Å².